The summed E-state index contributed by atoms with van der Waals surface area (Å²) in [5.74, 6) is 2.37. The van der Waals surface area contributed by atoms with Crippen molar-refractivity contribution in [2.45, 2.75) is 0 Å². The van der Waals surface area contributed by atoms with Gasteiger partial charge in [-0.1, -0.05) is 0 Å². The predicted molar refractivity (Wildman–Crippen MR) is 51.2 cm³/mol. The van der Waals surface area contributed by atoms with Crippen molar-refractivity contribution in [1.82, 2.24) is 5.43 Å². The van der Waals surface area contributed by atoms with Crippen LogP contribution in [0.3, 0.4) is 0 Å². The minimum absolute atomic E-state index is 0.346. The van der Waals surface area contributed by atoms with Gasteiger partial charge in [0.15, 0.2) is 0 Å². The zero-order valence-electron chi connectivity index (χ0n) is 8.18. The van der Waals surface area contributed by atoms with Crippen molar-refractivity contribution in [2.75, 3.05) is 0 Å². The van der Waals surface area contributed by atoms with Gasteiger partial charge in [0, 0.05) is 6.07 Å². The second-order valence-corrected chi connectivity index (χ2v) is 2.74. The fourth-order valence-electron chi connectivity index (χ4n) is 0.952. The van der Waals surface area contributed by atoms with E-state index >= 15 is 0 Å². The highest BCUT2D eigenvalue weighted by Crippen LogP contribution is 2.18. The molecule has 3 N–H and O–H groups in total. The summed E-state index contributed by atoms with van der Waals surface area (Å²) < 4.78 is 17.0. The minimum Gasteiger partial charge on any atom is -0.372 e. The number of ether oxygens (including phenoxy) is 1. The lowest BCUT2D eigenvalue weighted by atomic mass is 10.2. The maximum absolute atomic E-state index is 12.9. The zero-order chi connectivity index (χ0) is 13.0. The van der Waals surface area contributed by atoms with Crippen LogP contribution >= 0.6 is 0 Å². The van der Waals surface area contributed by atoms with Crippen molar-refractivity contribution >= 4 is 17.7 Å². The Balaban J connectivity index is 3.00. The van der Waals surface area contributed by atoms with Crippen LogP contribution in [0.1, 0.15) is 10.4 Å². The molecule has 8 nitrogen and oxygen atoms in total. The lowest BCUT2D eigenvalue weighted by Crippen LogP contribution is -2.32. The summed E-state index contributed by atoms with van der Waals surface area (Å²) in [5.41, 5.74) is 0.283. The molecule has 0 bridgehead atoms. The first kappa shape index (κ1) is 12.5. The topological polar surface area (TPSA) is 125 Å². The number of benzene rings is 1. The first-order valence-electron chi connectivity index (χ1n) is 4.12. The standard InChI is InChI=1S/C8H6FN3O5/c9-5-2-1-4(3-6(5)12(15)16)7(13)17-8(14)11-10/h1-3H,10H2,(H,11,14). The van der Waals surface area contributed by atoms with Crippen LogP contribution in [0, 0.1) is 15.9 Å². The molecule has 1 amide bonds. The Kier molecular flexibility index (Phi) is 3.67. The second-order valence-electron chi connectivity index (χ2n) is 2.74. The van der Waals surface area contributed by atoms with Crippen LogP contribution in [0.2, 0.25) is 0 Å². The molecular weight excluding hydrogens is 237 g/mol. The number of nitrogens with zero attached hydrogens (tertiary/aromatic N) is 1. The number of amides is 1. The molecule has 1 aromatic carbocycles. The number of hydrazine groups is 1. The number of carbonyl (C=O) groups excluding carboxylic acids is 2. The van der Waals surface area contributed by atoms with E-state index in [0.29, 0.717) is 6.07 Å². The highest BCUT2D eigenvalue weighted by atomic mass is 19.1. The van der Waals surface area contributed by atoms with Crippen LogP contribution in [0.4, 0.5) is 14.9 Å². The number of hydrogen-bond acceptors (Lipinski definition) is 6. The number of nitro benzene ring substituents is 1. The largest absolute Gasteiger partial charge is 0.429 e. The van der Waals surface area contributed by atoms with Crippen molar-refractivity contribution in [3.63, 3.8) is 0 Å². The van der Waals surface area contributed by atoms with Crippen LogP contribution in [-0.4, -0.2) is 17.0 Å². The Hall–Kier alpha value is -2.55. The molecule has 0 saturated carbocycles. The number of nitro groups is 1. The monoisotopic (exact) mass is 243 g/mol. The van der Waals surface area contributed by atoms with Gasteiger partial charge in [-0.2, -0.15) is 4.39 Å². The molecule has 0 aliphatic carbocycles. The van der Waals surface area contributed by atoms with E-state index in [2.05, 4.69) is 10.6 Å². The Labute approximate surface area is 93.3 Å². The Morgan fingerprint density at radius 3 is 2.65 bits per heavy atom. The number of hydrogen-bond donors (Lipinski definition) is 2. The normalized spacial score (nSPS) is 9.53. The third-order valence-electron chi connectivity index (χ3n) is 1.68. The SMILES string of the molecule is NNC(=O)OC(=O)c1ccc(F)c([N+](=O)[O-])c1. The number of nitrogens with two attached hydrogens (primary N) is 1. The fourth-order valence-corrected chi connectivity index (χ4v) is 0.952. The Morgan fingerprint density at radius 2 is 2.12 bits per heavy atom. The lowest BCUT2D eigenvalue weighted by Gasteiger charge is -2.01. The van der Waals surface area contributed by atoms with E-state index in [1.165, 1.54) is 5.43 Å². The summed E-state index contributed by atoms with van der Waals surface area (Å²) >= 11 is 0. The number of rotatable bonds is 2. The molecule has 0 unspecified atom stereocenters. The highest BCUT2D eigenvalue weighted by Gasteiger charge is 2.19. The van der Waals surface area contributed by atoms with Gasteiger partial charge < -0.3 is 4.74 Å². The predicted octanol–water partition coefficient (Wildman–Crippen LogP) is 0.474. The lowest BCUT2D eigenvalue weighted by molar-refractivity contribution is -0.387. The average Bonchev–Trinajstić information content (AvgIpc) is 2.28. The molecule has 0 aliphatic rings. The molecule has 0 atom stereocenters. The zero-order valence-corrected chi connectivity index (χ0v) is 8.18. The van der Waals surface area contributed by atoms with Crippen molar-refractivity contribution in [1.29, 1.82) is 0 Å². The van der Waals surface area contributed by atoms with E-state index in [4.69, 9.17) is 0 Å². The van der Waals surface area contributed by atoms with Crippen LogP contribution in [0.25, 0.3) is 0 Å². The molecule has 17 heavy (non-hydrogen) atoms. The van der Waals surface area contributed by atoms with Crippen molar-refractivity contribution in [3.05, 3.63) is 39.7 Å². The van der Waals surface area contributed by atoms with Crippen LogP contribution in [0.15, 0.2) is 18.2 Å². The van der Waals surface area contributed by atoms with Gasteiger partial charge in [0.25, 0.3) is 0 Å². The van der Waals surface area contributed by atoms with Gasteiger partial charge in [0.05, 0.1) is 10.5 Å². The third-order valence-corrected chi connectivity index (χ3v) is 1.68. The Morgan fingerprint density at radius 1 is 1.47 bits per heavy atom. The summed E-state index contributed by atoms with van der Waals surface area (Å²) in [6, 6.07) is 2.31. The summed E-state index contributed by atoms with van der Waals surface area (Å²) in [6.45, 7) is 0. The van der Waals surface area contributed by atoms with Gasteiger partial charge in [-0.15, -0.1) is 0 Å². The van der Waals surface area contributed by atoms with Crippen LogP contribution in [-0.2, 0) is 4.74 Å². The molecule has 1 aromatic rings. The van der Waals surface area contributed by atoms with E-state index < -0.39 is 28.5 Å². The van der Waals surface area contributed by atoms with Gasteiger partial charge in [-0.05, 0) is 12.1 Å². The van der Waals surface area contributed by atoms with Gasteiger partial charge in [0.2, 0.25) is 5.82 Å². The molecular formula is C8H6FN3O5. The quantitative estimate of drug-likeness (QED) is 0.194. The maximum atomic E-state index is 12.9. The molecule has 9 heteroatoms. The van der Waals surface area contributed by atoms with Gasteiger partial charge >= 0.3 is 17.7 Å². The molecule has 0 heterocycles. The van der Waals surface area contributed by atoms with Crippen molar-refractivity contribution in [2.24, 2.45) is 5.84 Å². The van der Waals surface area contributed by atoms with Crippen molar-refractivity contribution in [3.8, 4) is 0 Å². The van der Waals surface area contributed by atoms with E-state index in [0.717, 1.165) is 12.1 Å². The minimum atomic E-state index is -1.23. The maximum Gasteiger partial charge on any atom is 0.429 e. The van der Waals surface area contributed by atoms with E-state index in [1.54, 1.807) is 0 Å². The molecule has 90 valence electrons. The Bertz CT molecular complexity index is 490. The molecule has 0 aromatic heterocycles. The summed E-state index contributed by atoms with van der Waals surface area (Å²) in [7, 11) is 0. The average molecular weight is 243 g/mol. The van der Waals surface area contributed by atoms with Gasteiger partial charge in [-0.25, -0.2) is 15.4 Å². The molecule has 0 saturated heterocycles. The summed E-state index contributed by atoms with van der Waals surface area (Å²) in [4.78, 5) is 31.2. The van der Waals surface area contributed by atoms with Crippen molar-refractivity contribution < 1.29 is 23.6 Å². The van der Waals surface area contributed by atoms with E-state index in [1.807, 2.05) is 0 Å². The first-order valence-corrected chi connectivity index (χ1v) is 4.12. The van der Waals surface area contributed by atoms with Gasteiger partial charge in [-0.3, -0.25) is 15.5 Å². The summed E-state index contributed by atoms with van der Waals surface area (Å²) in [6.07, 6.45) is -1.23. The number of halogens is 1. The molecule has 0 spiro atoms. The van der Waals surface area contributed by atoms with E-state index in [9.17, 15) is 24.1 Å². The summed E-state index contributed by atoms with van der Waals surface area (Å²) in [5, 5.41) is 10.4. The van der Waals surface area contributed by atoms with Gasteiger partial charge in [0.1, 0.15) is 0 Å². The molecule has 0 aliphatic heterocycles. The third kappa shape index (κ3) is 2.95. The van der Waals surface area contributed by atoms with Crippen LogP contribution in [0.5, 0.6) is 0 Å². The number of carbonyl (C=O) groups is 2. The molecule has 0 radical (unpaired) electrons. The smallest absolute Gasteiger partial charge is 0.372 e. The van der Waals surface area contributed by atoms with Crippen LogP contribution < -0.4 is 11.3 Å². The first-order chi connectivity index (χ1) is 7.95. The highest BCUT2D eigenvalue weighted by molar-refractivity contribution is 5.96. The molecule has 1 rings (SSSR count). The number of esters is 1. The van der Waals surface area contributed by atoms with E-state index in [-0.39, 0.29) is 5.56 Å². The molecule has 0 fully saturated rings. The number of nitrogens with one attached hydrogen (secondary N) is 1. The fraction of sp³-hybridized carbons (Fsp3) is 0. The second kappa shape index (κ2) is 4.99.